The lowest BCUT2D eigenvalue weighted by Gasteiger charge is -2.07. The van der Waals surface area contributed by atoms with Crippen LogP contribution in [0.3, 0.4) is 0 Å². The number of nitrogens with one attached hydrogen (secondary N) is 3. The van der Waals surface area contributed by atoms with Gasteiger partial charge in [0.2, 0.25) is 10.0 Å². The first-order valence-electron chi connectivity index (χ1n) is 6.48. The fourth-order valence-electron chi connectivity index (χ4n) is 1.62. The Bertz CT molecular complexity index is 712. The van der Waals surface area contributed by atoms with E-state index in [0.717, 1.165) is 0 Å². The van der Waals surface area contributed by atoms with E-state index in [1.54, 1.807) is 12.1 Å². The molecule has 22 heavy (non-hydrogen) atoms. The van der Waals surface area contributed by atoms with Crippen molar-refractivity contribution >= 4 is 33.1 Å². The molecule has 0 aliphatic carbocycles. The highest BCUT2D eigenvalue weighted by molar-refractivity contribution is 7.89. The first-order chi connectivity index (χ1) is 10.5. The molecular weight excluding hydrogens is 324 g/mol. The Morgan fingerprint density at radius 3 is 2.68 bits per heavy atom. The fourth-order valence-corrected chi connectivity index (χ4v) is 2.94. The molecule has 0 aliphatic heterocycles. The number of carbonyl (C=O) groups excluding carboxylic acids is 1. The highest BCUT2D eigenvalue weighted by Crippen LogP contribution is 2.10. The average molecular weight is 340 g/mol. The third-order valence-corrected chi connectivity index (χ3v) is 5.05. The van der Waals surface area contributed by atoms with Crippen LogP contribution < -0.4 is 15.4 Å². The minimum atomic E-state index is -3.47. The van der Waals surface area contributed by atoms with Crippen molar-refractivity contribution in [2.24, 2.45) is 0 Å². The normalized spacial score (nSPS) is 11.1. The Labute approximate surface area is 132 Å². The molecule has 2 aromatic heterocycles. The third-order valence-electron chi connectivity index (χ3n) is 2.78. The van der Waals surface area contributed by atoms with Gasteiger partial charge in [0.25, 0.3) is 5.91 Å². The van der Waals surface area contributed by atoms with Crippen molar-refractivity contribution in [2.45, 2.75) is 4.90 Å². The first kappa shape index (κ1) is 16.4. The van der Waals surface area contributed by atoms with Gasteiger partial charge >= 0.3 is 0 Å². The van der Waals surface area contributed by atoms with Crippen molar-refractivity contribution < 1.29 is 13.2 Å². The van der Waals surface area contributed by atoms with E-state index < -0.39 is 10.0 Å². The van der Waals surface area contributed by atoms with Gasteiger partial charge < -0.3 is 10.6 Å². The molecule has 7 nitrogen and oxygen atoms in total. The Balaban J connectivity index is 1.79. The van der Waals surface area contributed by atoms with Gasteiger partial charge in [0, 0.05) is 19.3 Å². The molecule has 0 saturated carbocycles. The van der Waals surface area contributed by atoms with E-state index in [0.29, 0.717) is 23.8 Å². The molecule has 0 unspecified atom stereocenters. The molecule has 2 heterocycles. The number of sulfonamides is 1. The summed E-state index contributed by atoms with van der Waals surface area (Å²) >= 11 is 1.38. The zero-order valence-corrected chi connectivity index (χ0v) is 13.5. The lowest BCUT2D eigenvalue weighted by atomic mass is 10.4. The lowest BCUT2D eigenvalue weighted by molar-refractivity contribution is 0.0959. The Hall–Kier alpha value is -1.97. The summed E-state index contributed by atoms with van der Waals surface area (Å²) < 4.78 is 25.3. The van der Waals surface area contributed by atoms with Crippen LogP contribution >= 0.6 is 11.3 Å². The number of thiophene rings is 1. The number of anilines is 1. The van der Waals surface area contributed by atoms with Crippen LogP contribution in [0, 0.1) is 0 Å². The molecule has 2 rings (SSSR count). The minimum Gasteiger partial charge on any atom is -0.368 e. The second-order valence-electron chi connectivity index (χ2n) is 4.25. The quantitative estimate of drug-likeness (QED) is 0.650. The van der Waals surface area contributed by atoms with E-state index in [1.807, 2.05) is 11.4 Å². The number of rotatable bonds is 7. The first-order valence-corrected chi connectivity index (χ1v) is 8.84. The van der Waals surface area contributed by atoms with Crippen molar-refractivity contribution in [3.8, 4) is 0 Å². The van der Waals surface area contributed by atoms with Gasteiger partial charge in [-0.2, -0.15) is 0 Å². The summed E-state index contributed by atoms with van der Waals surface area (Å²) in [5, 5.41) is 7.62. The zero-order chi connectivity index (χ0) is 16.0. The smallest absolute Gasteiger partial charge is 0.261 e. The van der Waals surface area contributed by atoms with Crippen molar-refractivity contribution in [1.82, 2.24) is 15.0 Å². The number of amides is 1. The second-order valence-corrected chi connectivity index (χ2v) is 7.08. The number of hydrogen-bond donors (Lipinski definition) is 3. The van der Waals surface area contributed by atoms with E-state index in [4.69, 9.17) is 0 Å². The Morgan fingerprint density at radius 2 is 2.09 bits per heavy atom. The zero-order valence-electron chi connectivity index (χ0n) is 11.9. The van der Waals surface area contributed by atoms with E-state index in [9.17, 15) is 13.2 Å². The predicted molar refractivity (Wildman–Crippen MR) is 85.6 cm³/mol. The van der Waals surface area contributed by atoms with Gasteiger partial charge in [-0.15, -0.1) is 11.3 Å². The number of nitrogens with zero attached hydrogens (tertiary/aromatic N) is 1. The molecule has 0 atom stereocenters. The van der Waals surface area contributed by atoms with Crippen LogP contribution in [0.15, 0.2) is 40.7 Å². The van der Waals surface area contributed by atoms with Crippen LogP contribution in [0.2, 0.25) is 0 Å². The van der Waals surface area contributed by atoms with Crippen molar-refractivity contribution in [2.75, 3.05) is 25.5 Å². The van der Waals surface area contributed by atoms with Crippen molar-refractivity contribution in [1.29, 1.82) is 0 Å². The summed E-state index contributed by atoms with van der Waals surface area (Å²) in [6, 6.07) is 6.62. The molecule has 0 bridgehead atoms. The highest BCUT2D eigenvalue weighted by Gasteiger charge is 2.11. The van der Waals surface area contributed by atoms with Crippen LogP contribution in [0.25, 0.3) is 0 Å². The molecule has 0 fully saturated rings. The van der Waals surface area contributed by atoms with Crippen LogP contribution in [0.5, 0.6) is 0 Å². The average Bonchev–Trinajstić information content (AvgIpc) is 3.06. The van der Waals surface area contributed by atoms with Crippen LogP contribution in [-0.2, 0) is 10.0 Å². The monoisotopic (exact) mass is 340 g/mol. The van der Waals surface area contributed by atoms with E-state index in [-0.39, 0.29) is 10.8 Å². The predicted octanol–water partition coefficient (Wildman–Crippen LogP) is 0.893. The highest BCUT2D eigenvalue weighted by atomic mass is 32.2. The maximum absolute atomic E-state index is 11.7. The molecule has 3 N–H and O–H groups in total. The second kappa shape index (κ2) is 7.34. The topological polar surface area (TPSA) is 100 Å². The summed E-state index contributed by atoms with van der Waals surface area (Å²) in [6.45, 7) is 0.928. The Morgan fingerprint density at radius 1 is 1.27 bits per heavy atom. The van der Waals surface area contributed by atoms with Gasteiger partial charge in [-0.1, -0.05) is 6.07 Å². The molecular formula is C13H16N4O3S2. The largest absolute Gasteiger partial charge is 0.368 e. The third kappa shape index (κ3) is 4.26. The summed E-state index contributed by atoms with van der Waals surface area (Å²) in [5.74, 6) is 0.431. The van der Waals surface area contributed by atoms with Gasteiger partial charge in [0.15, 0.2) is 0 Å². The summed E-state index contributed by atoms with van der Waals surface area (Å²) in [7, 11) is -2.13. The number of aromatic nitrogens is 1. The Kier molecular flexibility index (Phi) is 5.47. The molecule has 0 radical (unpaired) electrons. The van der Waals surface area contributed by atoms with E-state index in [2.05, 4.69) is 20.3 Å². The molecule has 1 amide bonds. The van der Waals surface area contributed by atoms with Gasteiger partial charge in [-0.25, -0.2) is 18.1 Å². The number of pyridine rings is 1. The number of carbonyl (C=O) groups is 1. The van der Waals surface area contributed by atoms with Gasteiger partial charge in [-0.05, 0) is 30.6 Å². The van der Waals surface area contributed by atoms with Crippen LogP contribution in [0.4, 0.5) is 5.82 Å². The summed E-state index contributed by atoms with van der Waals surface area (Å²) in [6.07, 6.45) is 1.28. The van der Waals surface area contributed by atoms with Gasteiger partial charge in [0.1, 0.15) is 10.7 Å². The summed E-state index contributed by atoms with van der Waals surface area (Å²) in [4.78, 5) is 16.5. The van der Waals surface area contributed by atoms with E-state index in [1.165, 1.54) is 30.6 Å². The molecule has 2 aromatic rings. The molecule has 0 aromatic carbocycles. The van der Waals surface area contributed by atoms with Gasteiger partial charge in [-0.3, -0.25) is 4.79 Å². The van der Waals surface area contributed by atoms with Gasteiger partial charge in [0.05, 0.1) is 4.88 Å². The SMILES string of the molecule is CNS(=O)(=O)c1ccc(NCCNC(=O)c2cccs2)nc1. The van der Waals surface area contributed by atoms with Crippen molar-refractivity contribution in [3.63, 3.8) is 0 Å². The van der Waals surface area contributed by atoms with E-state index >= 15 is 0 Å². The molecule has 0 saturated heterocycles. The number of hydrogen-bond acceptors (Lipinski definition) is 6. The molecule has 118 valence electrons. The maximum Gasteiger partial charge on any atom is 0.261 e. The van der Waals surface area contributed by atoms with Crippen LogP contribution in [0.1, 0.15) is 9.67 Å². The standard InChI is InChI=1S/C13H16N4O3S2/c1-14-22(19,20)10-4-5-12(17-9-10)15-6-7-16-13(18)11-3-2-8-21-11/h2-5,8-9,14H,6-7H2,1H3,(H,15,17)(H,16,18). The minimum absolute atomic E-state index is 0.103. The summed E-state index contributed by atoms with van der Waals surface area (Å²) in [5.41, 5.74) is 0. The lowest BCUT2D eigenvalue weighted by Crippen LogP contribution is -2.28. The van der Waals surface area contributed by atoms with Crippen molar-refractivity contribution in [3.05, 3.63) is 40.7 Å². The molecule has 0 aliphatic rings. The molecule has 0 spiro atoms. The maximum atomic E-state index is 11.7. The van der Waals surface area contributed by atoms with Crippen LogP contribution in [-0.4, -0.2) is 39.4 Å². The fraction of sp³-hybridized carbons (Fsp3) is 0.231. The molecule has 9 heteroatoms.